The summed E-state index contributed by atoms with van der Waals surface area (Å²) in [7, 11) is 0. The molecule has 8 heteroatoms. The van der Waals surface area contributed by atoms with Crippen LogP contribution in [0.2, 0.25) is 5.02 Å². The standard InChI is InChI=1S/C23H25ClN4O3/c1-14-12-16(5-6-17(14)23(31)28-9-2-3-10-28)25-22(30)18(8-11-29)21-26-19-7-4-15(24)13-20(19)27-21/h4-7,12-13,18,29H,2-3,8-11H2,1H3,(H,25,30)(H,26,27). The third-order valence-electron chi connectivity index (χ3n) is 5.64. The number of benzene rings is 2. The number of aromatic amines is 1. The van der Waals surface area contributed by atoms with Gasteiger partial charge in [0.1, 0.15) is 5.82 Å². The summed E-state index contributed by atoms with van der Waals surface area (Å²) in [6.45, 7) is 3.30. The molecular formula is C23H25ClN4O3. The van der Waals surface area contributed by atoms with E-state index in [0.29, 0.717) is 27.6 Å². The molecule has 0 saturated carbocycles. The van der Waals surface area contributed by atoms with E-state index in [1.807, 2.05) is 11.8 Å². The van der Waals surface area contributed by atoms with Crippen LogP contribution in [0.1, 0.15) is 46.9 Å². The SMILES string of the molecule is Cc1cc(NC(=O)C(CCO)c2nc3ccc(Cl)cc3[nH]2)ccc1C(=O)N1CCCC1. The van der Waals surface area contributed by atoms with Crippen molar-refractivity contribution in [1.29, 1.82) is 0 Å². The number of nitrogens with one attached hydrogen (secondary N) is 2. The number of hydrogen-bond acceptors (Lipinski definition) is 4. The predicted molar refractivity (Wildman–Crippen MR) is 120 cm³/mol. The maximum Gasteiger partial charge on any atom is 0.254 e. The first-order valence-electron chi connectivity index (χ1n) is 10.4. The molecule has 3 aromatic rings. The van der Waals surface area contributed by atoms with E-state index < -0.39 is 5.92 Å². The number of amides is 2. The minimum absolute atomic E-state index is 0.0342. The predicted octanol–water partition coefficient (Wildman–Crippen LogP) is 3.87. The number of imidazole rings is 1. The molecule has 31 heavy (non-hydrogen) atoms. The lowest BCUT2D eigenvalue weighted by Gasteiger charge is -2.18. The third-order valence-corrected chi connectivity index (χ3v) is 5.88. The molecule has 1 aliphatic heterocycles. The Labute approximate surface area is 185 Å². The van der Waals surface area contributed by atoms with Crippen LogP contribution in [0.4, 0.5) is 5.69 Å². The van der Waals surface area contributed by atoms with Gasteiger partial charge in [-0.15, -0.1) is 0 Å². The highest BCUT2D eigenvalue weighted by Gasteiger charge is 2.25. The molecule has 4 rings (SSSR count). The Kier molecular flexibility index (Phi) is 6.25. The number of aryl methyl sites for hydroxylation is 1. The first-order valence-corrected chi connectivity index (χ1v) is 10.8. The van der Waals surface area contributed by atoms with Gasteiger partial charge in [0.05, 0.1) is 17.0 Å². The maximum atomic E-state index is 13.0. The van der Waals surface area contributed by atoms with Crippen LogP contribution in [-0.4, -0.2) is 51.5 Å². The summed E-state index contributed by atoms with van der Waals surface area (Å²) in [4.78, 5) is 35.2. The van der Waals surface area contributed by atoms with E-state index in [1.54, 1.807) is 36.4 Å². The molecule has 3 N–H and O–H groups in total. The van der Waals surface area contributed by atoms with Crippen LogP contribution >= 0.6 is 11.6 Å². The van der Waals surface area contributed by atoms with Crippen LogP contribution in [0.3, 0.4) is 0 Å². The van der Waals surface area contributed by atoms with Crippen LogP contribution in [0.15, 0.2) is 36.4 Å². The highest BCUT2D eigenvalue weighted by atomic mass is 35.5. The molecule has 1 aromatic heterocycles. The smallest absolute Gasteiger partial charge is 0.254 e. The van der Waals surface area contributed by atoms with E-state index in [-0.39, 0.29) is 24.8 Å². The normalized spacial score (nSPS) is 14.7. The van der Waals surface area contributed by atoms with Gasteiger partial charge in [-0.1, -0.05) is 11.6 Å². The van der Waals surface area contributed by atoms with Gasteiger partial charge in [0, 0.05) is 36.0 Å². The molecule has 1 unspecified atom stereocenters. The van der Waals surface area contributed by atoms with Crippen molar-refractivity contribution in [3.63, 3.8) is 0 Å². The van der Waals surface area contributed by atoms with E-state index in [1.165, 1.54) is 0 Å². The number of hydrogen-bond donors (Lipinski definition) is 3. The van der Waals surface area contributed by atoms with E-state index in [0.717, 1.165) is 37.0 Å². The van der Waals surface area contributed by atoms with Gasteiger partial charge in [-0.05, 0) is 68.1 Å². The number of halogens is 1. The fraction of sp³-hybridized carbons (Fsp3) is 0.348. The molecule has 162 valence electrons. The molecule has 0 radical (unpaired) electrons. The van der Waals surface area contributed by atoms with Gasteiger partial charge in [-0.2, -0.15) is 0 Å². The number of anilines is 1. The van der Waals surface area contributed by atoms with Crippen molar-refractivity contribution in [2.45, 2.75) is 32.1 Å². The average molecular weight is 441 g/mol. The monoisotopic (exact) mass is 440 g/mol. The molecule has 0 spiro atoms. The maximum absolute atomic E-state index is 13.0. The summed E-state index contributed by atoms with van der Waals surface area (Å²) in [5.74, 6) is -0.423. The van der Waals surface area contributed by atoms with E-state index in [4.69, 9.17) is 11.6 Å². The number of rotatable bonds is 6. The zero-order valence-electron chi connectivity index (χ0n) is 17.3. The van der Waals surface area contributed by atoms with E-state index >= 15 is 0 Å². The molecule has 7 nitrogen and oxygen atoms in total. The summed E-state index contributed by atoms with van der Waals surface area (Å²) in [5.41, 5.74) is 3.50. The fourth-order valence-corrected chi connectivity index (χ4v) is 4.16. The number of carbonyl (C=O) groups is 2. The summed E-state index contributed by atoms with van der Waals surface area (Å²) < 4.78 is 0. The van der Waals surface area contributed by atoms with Crippen LogP contribution < -0.4 is 5.32 Å². The van der Waals surface area contributed by atoms with Crippen molar-refractivity contribution in [3.05, 3.63) is 58.4 Å². The van der Waals surface area contributed by atoms with Crippen LogP contribution in [0, 0.1) is 6.92 Å². The van der Waals surface area contributed by atoms with Crippen molar-refractivity contribution in [1.82, 2.24) is 14.9 Å². The highest BCUT2D eigenvalue weighted by molar-refractivity contribution is 6.31. The Hall–Kier alpha value is -2.90. The summed E-state index contributed by atoms with van der Waals surface area (Å²) in [6, 6.07) is 10.6. The Morgan fingerprint density at radius 2 is 2.00 bits per heavy atom. The third kappa shape index (κ3) is 4.57. The molecule has 1 fully saturated rings. The van der Waals surface area contributed by atoms with Gasteiger partial charge < -0.3 is 20.3 Å². The van der Waals surface area contributed by atoms with Crippen LogP contribution in [0.5, 0.6) is 0 Å². The van der Waals surface area contributed by atoms with Crippen molar-refractivity contribution < 1.29 is 14.7 Å². The first-order chi connectivity index (χ1) is 15.0. The number of aliphatic hydroxyl groups excluding tert-OH is 1. The number of aliphatic hydroxyl groups is 1. The van der Waals surface area contributed by atoms with Crippen LogP contribution in [0.25, 0.3) is 11.0 Å². The Bertz CT molecular complexity index is 1120. The number of H-pyrrole nitrogens is 1. The van der Waals surface area contributed by atoms with Crippen molar-refractivity contribution in [2.75, 3.05) is 25.0 Å². The lowest BCUT2D eigenvalue weighted by Crippen LogP contribution is -2.28. The molecule has 2 heterocycles. The number of nitrogens with zero attached hydrogens (tertiary/aromatic N) is 2. The van der Waals surface area contributed by atoms with Crippen molar-refractivity contribution >= 4 is 40.1 Å². The average Bonchev–Trinajstić information content (AvgIpc) is 3.41. The Morgan fingerprint density at radius 3 is 2.71 bits per heavy atom. The van der Waals surface area contributed by atoms with Gasteiger partial charge in [-0.3, -0.25) is 9.59 Å². The lowest BCUT2D eigenvalue weighted by molar-refractivity contribution is -0.118. The number of carbonyl (C=O) groups excluding carboxylic acids is 2. The second-order valence-electron chi connectivity index (χ2n) is 7.87. The topological polar surface area (TPSA) is 98.3 Å². The summed E-state index contributed by atoms with van der Waals surface area (Å²) in [5, 5.41) is 13.0. The molecule has 1 atom stereocenters. The van der Waals surface area contributed by atoms with Crippen molar-refractivity contribution in [3.8, 4) is 0 Å². The second-order valence-corrected chi connectivity index (χ2v) is 8.30. The summed E-state index contributed by atoms with van der Waals surface area (Å²) >= 11 is 6.04. The molecule has 1 aliphatic rings. The molecule has 0 bridgehead atoms. The Balaban J connectivity index is 1.53. The fourth-order valence-electron chi connectivity index (χ4n) is 3.99. The van der Waals surface area contributed by atoms with Gasteiger partial charge >= 0.3 is 0 Å². The van der Waals surface area contributed by atoms with E-state index in [2.05, 4.69) is 15.3 Å². The van der Waals surface area contributed by atoms with Crippen LogP contribution in [-0.2, 0) is 4.79 Å². The van der Waals surface area contributed by atoms with Gasteiger partial charge in [0.25, 0.3) is 5.91 Å². The zero-order chi connectivity index (χ0) is 22.0. The lowest BCUT2D eigenvalue weighted by atomic mass is 10.0. The summed E-state index contributed by atoms with van der Waals surface area (Å²) in [6.07, 6.45) is 2.31. The Morgan fingerprint density at radius 1 is 1.23 bits per heavy atom. The van der Waals surface area contributed by atoms with Gasteiger partial charge in [-0.25, -0.2) is 4.98 Å². The molecule has 2 amide bonds. The van der Waals surface area contributed by atoms with Gasteiger partial charge in [0.2, 0.25) is 5.91 Å². The zero-order valence-corrected chi connectivity index (χ0v) is 18.1. The second kappa shape index (κ2) is 9.08. The molecule has 0 aliphatic carbocycles. The molecule has 2 aromatic carbocycles. The minimum Gasteiger partial charge on any atom is -0.396 e. The van der Waals surface area contributed by atoms with Gasteiger partial charge in [0.15, 0.2) is 0 Å². The molecular weight excluding hydrogens is 416 g/mol. The van der Waals surface area contributed by atoms with Crippen molar-refractivity contribution in [2.24, 2.45) is 0 Å². The number of fused-ring (bicyclic) bond motifs is 1. The largest absolute Gasteiger partial charge is 0.396 e. The number of aromatic nitrogens is 2. The van der Waals surface area contributed by atoms with E-state index in [9.17, 15) is 14.7 Å². The minimum atomic E-state index is -0.651. The number of likely N-dealkylation sites (tertiary alicyclic amines) is 1. The quantitative estimate of drug-likeness (QED) is 0.542. The first kappa shape index (κ1) is 21.3. The molecule has 1 saturated heterocycles. The highest BCUT2D eigenvalue weighted by Crippen LogP contribution is 2.25.